The topological polar surface area (TPSA) is 181 Å². The Morgan fingerprint density at radius 2 is 1.02 bits per heavy atom. The minimum absolute atomic E-state index is 0.204. The molecule has 11 rings (SSSR count). The molecular weight excluding hydrogens is 743 g/mol. The van der Waals surface area contributed by atoms with Gasteiger partial charge in [0.2, 0.25) is 17.4 Å². The summed E-state index contributed by atoms with van der Waals surface area (Å²) in [4.78, 5) is 63.0. The minimum Gasteiger partial charge on any atom is -0.366 e. The average Bonchev–Trinajstić information content (AvgIpc) is 4.15. The van der Waals surface area contributed by atoms with Crippen LogP contribution in [-0.2, 0) is 0 Å². The second-order valence-corrected chi connectivity index (χ2v) is 13.8. The van der Waals surface area contributed by atoms with Gasteiger partial charge in [0.05, 0.1) is 39.7 Å². The highest BCUT2D eigenvalue weighted by molar-refractivity contribution is 6.13. The lowest BCUT2D eigenvalue weighted by Crippen LogP contribution is -2.10. The van der Waals surface area contributed by atoms with Crippen molar-refractivity contribution in [3.8, 4) is 34.2 Å². The summed E-state index contributed by atoms with van der Waals surface area (Å²) in [6.45, 7) is 0. The predicted octanol–water partition coefficient (Wildman–Crippen LogP) is 8.18. The Labute approximate surface area is 333 Å². The Balaban J connectivity index is 1.17. The van der Waals surface area contributed by atoms with Crippen LogP contribution in [0.2, 0.25) is 0 Å². The van der Waals surface area contributed by atoms with Crippen molar-refractivity contribution in [2.24, 2.45) is 0 Å². The first kappa shape index (κ1) is 33.6. The largest absolute Gasteiger partial charge is 0.366 e. The van der Waals surface area contributed by atoms with Crippen molar-refractivity contribution < 1.29 is 9.59 Å². The van der Waals surface area contributed by atoms with Crippen LogP contribution in [0.1, 0.15) is 20.7 Å². The van der Waals surface area contributed by atoms with Gasteiger partial charge in [0.25, 0.3) is 11.8 Å². The number of aromatic nitrogens is 11. The van der Waals surface area contributed by atoms with Crippen molar-refractivity contribution in [1.82, 2.24) is 53.4 Å². The fraction of sp³-hybridized carbons (Fsp3) is 0. The normalized spacial score (nSPS) is 11.5. The molecule has 0 fully saturated rings. The number of hydrogen-bond donors (Lipinski definition) is 4. The third kappa shape index (κ3) is 5.76. The molecule has 0 atom stereocenters. The fourth-order valence-corrected chi connectivity index (χ4v) is 7.39. The zero-order chi connectivity index (χ0) is 39.5. The maximum absolute atomic E-state index is 13.9. The van der Waals surface area contributed by atoms with Gasteiger partial charge >= 0.3 is 0 Å². The van der Waals surface area contributed by atoms with Crippen LogP contribution in [0.5, 0.6) is 0 Å². The summed E-state index contributed by atoms with van der Waals surface area (Å²) in [6.07, 6.45) is 17.7. The van der Waals surface area contributed by atoms with E-state index in [9.17, 15) is 9.59 Å². The third-order valence-electron chi connectivity index (χ3n) is 10.1. The Morgan fingerprint density at radius 1 is 0.525 bits per heavy atom. The fourth-order valence-electron chi connectivity index (χ4n) is 7.39. The molecule has 59 heavy (non-hydrogen) atoms. The predicted molar refractivity (Wildman–Crippen MR) is 223 cm³/mol. The molecule has 11 aromatic rings. The van der Waals surface area contributed by atoms with Crippen LogP contribution in [0, 0.1) is 0 Å². The molecule has 0 aliphatic heterocycles. The molecule has 0 saturated carbocycles. The van der Waals surface area contributed by atoms with E-state index in [1.807, 2.05) is 89.9 Å². The molecule has 0 saturated heterocycles. The van der Waals surface area contributed by atoms with Crippen LogP contribution in [0.4, 0.5) is 22.7 Å². The van der Waals surface area contributed by atoms with Gasteiger partial charge in [0.1, 0.15) is 0 Å². The Hall–Kier alpha value is -8.72. The first-order chi connectivity index (χ1) is 29.1. The number of carbonyl (C=O) groups excluding carboxylic acids is 2. The van der Waals surface area contributed by atoms with E-state index in [0.29, 0.717) is 62.4 Å². The summed E-state index contributed by atoms with van der Waals surface area (Å²) >= 11 is 0. The zero-order valence-corrected chi connectivity index (χ0v) is 30.8. The zero-order valence-electron chi connectivity index (χ0n) is 30.8. The van der Waals surface area contributed by atoms with Gasteiger partial charge in [-0.15, -0.1) is 0 Å². The van der Waals surface area contributed by atoms with Crippen molar-refractivity contribution in [1.29, 1.82) is 0 Å². The first-order valence-electron chi connectivity index (χ1n) is 18.6. The van der Waals surface area contributed by atoms with E-state index >= 15 is 0 Å². The standard InChI is InChI=1S/C44H29N13O2/c58-41(26-8-3-1-4-9-26)55-22-32(34(24-55)49-28-14-18-45-20-28)36-30-12-13-31-37(52-44-54-40(39-47-16-7-17-48-39)53-43(51-36)57(44)38(30)31)33-23-56(42(59)27-10-5-2-6-11-27)25-35(33)50-29-15-19-46-21-29/h1-25,45-46,49-50H. The lowest BCUT2D eigenvalue weighted by molar-refractivity contribution is 0.0952. The molecule has 0 aliphatic rings. The number of nitrogens with zero attached hydrogens (tertiary/aromatic N) is 9. The van der Waals surface area contributed by atoms with Crippen molar-refractivity contribution in [3.63, 3.8) is 0 Å². The molecule has 15 nitrogen and oxygen atoms in total. The number of benzene rings is 2. The van der Waals surface area contributed by atoms with Gasteiger partial charge in [-0.3, -0.25) is 18.7 Å². The van der Waals surface area contributed by atoms with E-state index in [-0.39, 0.29) is 17.6 Å². The molecule has 0 aliphatic carbocycles. The maximum atomic E-state index is 13.9. The van der Waals surface area contributed by atoms with Crippen molar-refractivity contribution in [2.45, 2.75) is 0 Å². The van der Waals surface area contributed by atoms with Gasteiger partial charge < -0.3 is 20.6 Å². The highest BCUT2D eigenvalue weighted by Gasteiger charge is 2.27. The van der Waals surface area contributed by atoms with Gasteiger partial charge in [-0.1, -0.05) is 36.4 Å². The summed E-state index contributed by atoms with van der Waals surface area (Å²) in [5.74, 6) is 0.707. The quantitative estimate of drug-likeness (QED) is 0.112. The Bertz CT molecular complexity index is 3100. The van der Waals surface area contributed by atoms with Crippen molar-refractivity contribution in [3.05, 3.63) is 164 Å². The summed E-state index contributed by atoms with van der Waals surface area (Å²) in [6, 6.07) is 27.7. The molecule has 4 N–H and O–H groups in total. The summed E-state index contributed by atoms with van der Waals surface area (Å²) in [7, 11) is 0. The Morgan fingerprint density at radius 3 is 1.47 bits per heavy atom. The molecule has 0 spiro atoms. The van der Waals surface area contributed by atoms with E-state index in [0.717, 1.165) is 27.7 Å². The maximum Gasteiger partial charge on any atom is 0.261 e. The SMILES string of the molecule is O=C(c1ccccc1)n1cc(Nc2cc[nH]c2)c(-c2nc3nc(-c4ncccn4)nc4nc(-c5cn(C(=O)c6ccccc6)cc5Nc5cc[nH]c5)c5ccc2c5n34)c1. The minimum atomic E-state index is -0.204. The summed E-state index contributed by atoms with van der Waals surface area (Å²) in [5.41, 5.74) is 7.16. The number of aromatic amines is 2. The van der Waals surface area contributed by atoms with E-state index in [2.05, 4.69) is 30.6 Å². The number of rotatable bonds is 9. The monoisotopic (exact) mass is 771 g/mol. The molecule has 3 aromatic carbocycles. The first-order valence-corrected chi connectivity index (χ1v) is 18.6. The van der Waals surface area contributed by atoms with Crippen molar-refractivity contribution >= 4 is 62.4 Å². The molecule has 0 amide bonds. The molecule has 0 unspecified atom stereocenters. The van der Waals surface area contributed by atoms with Crippen molar-refractivity contribution in [2.75, 3.05) is 10.6 Å². The molecule has 0 bridgehead atoms. The summed E-state index contributed by atoms with van der Waals surface area (Å²) in [5, 5.41) is 8.48. The van der Waals surface area contributed by atoms with Gasteiger partial charge in [0.15, 0.2) is 5.82 Å². The molecule has 8 aromatic heterocycles. The van der Waals surface area contributed by atoms with Gasteiger partial charge in [-0.05, 0) is 54.6 Å². The van der Waals surface area contributed by atoms with Crippen LogP contribution in [0.25, 0.3) is 62.0 Å². The molecule has 15 heteroatoms. The number of carbonyl (C=O) groups is 2. The van der Waals surface area contributed by atoms with E-state index in [1.54, 1.807) is 76.6 Å². The number of anilines is 4. The molecule has 282 valence electrons. The number of H-pyrrole nitrogens is 2. The van der Waals surface area contributed by atoms with Crippen LogP contribution >= 0.6 is 0 Å². The number of nitrogens with one attached hydrogen (secondary N) is 4. The second-order valence-electron chi connectivity index (χ2n) is 13.8. The van der Waals surface area contributed by atoms with Gasteiger partial charge in [-0.25, -0.2) is 24.3 Å². The van der Waals surface area contributed by atoms with Crippen LogP contribution in [-0.4, -0.2) is 65.2 Å². The lowest BCUT2D eigenvalue weighted by atomic mass is 10.1. The third-order valence-corrected chi connectivity index (χ3v) is 10.1. The van der Waals surface area contributed by atoms with E-state index in [4.69, 9.17) is 19.9 Å². The van der Waals surface area contributed by atoms with Crippen LogP contribution < -0.4 is 10.6 Å². The summed E-state index contributed by atoms with van der Waals surface area (Å²) < 4.78 is 4.95. The highest BCUT2D eigenvalue weighted by atomic mass is 16.2. The van der Waals surface area contributed by atoms with Gasteiger partial charge in [0, 0.05) is 95.0 Å². The Kier molecular flexibility index (Phi) is 7.68. The molecular formula is C44H29N13O2. The van der Waals surface area contributed by atoms with Crippen LogP contribution in [0.3, 0.4) is 0 Å². The number of hydrogen-bond acceptors (Lipinski definition) is 10. The average molecular weight is 772 g/mol. The van der Waals surface area contributed by atoms with Gasteiger partial charge in [-0.2, -0.15) is 9.97 Å². The lowest BCUT2D eigenvalue weighted by Gasteiger charge is -2.15. The smallest absolute Gasteiger partial charge is 0.261 e. The van der Waals surface area contributed by atoms with E-state index < -0.39 is 0 Å². The van der Waals surface area contributed by atoms with E-state index in [1.165, 1.54) is 0 Å². The van der Waals surface area contributed by atoms with Crippen LogP contribution in [0.15, 0.2) is 153 Å². The molecule has 8 heterocycles. The highest BCUT2D eigenvalue weighted by Crippen LogP contribution is 2.42. The second kappa shape index (κ2) is 13.5. The molecule has 0 radical (unpaired) electrons.